The van der Waals surface area contributed by atoms with Crippen LogP contribution in [0.4, 0.5) is 5.95 Å². The number of aromatic amines is 1. The molecule has 2 N–H and O–H groups in total. The van der Waals surface area contributed by atoms with Crippen LogP contribution in [-0.4, -0.2) is 29.9 Å². The number of unbranched alkanes of at least 4 members (excludes halogenated alkanes) is 3. The van der Waals surface area contributed by atoms with Crippen LogP contribution in [0.2, 0.25) is 0 Å². The van der Waals surface area contributed by atoms with Crippen LogP contribution in [0.15, 0.2) is 28.1 Å². The zero-order valence-electron chi connectivity index (χ0n) is 16.5. The lowest BCUT2D eigenvalue weighted by atomic mass is 10.2. The van der Waals surface area contributed by atoms with Crippen molar-refractivity contribution in [2.45, 2.75) is 46.5 Å². The summed E-state index contributed by atoms with van der Waals surface area (Å²) in [6.07, 6.45) is 6.26. The predicted molar refractivity (Wildman–Crippen MR) is 108 cm³/mol. The molecule has 0 amide bonds. The highest BCUT2D eigenvalue weighted by atomic mass is 16.5. The fourth-order valence-electron chi connectivity index (χ4n) is 2.46. The van der Waals surface area contributed by atoms with Gasteiger partial charge >= 0.3 is 0 Å². The highest BCUT2D eigenvalue weighted by Crippen LogP contribution is 2.27. The molecule has 1 aromatic heterocycles. The first-order chi connectivity index (χ1) is 13.0. The van der Waals surface area contributed by atoms with Gasteiger partial charge in [-0.2, -0.15) is 5.10 Å². The number of aryl methyl sites for hydroxylation is 1. The van der Waals surface area contributed by atoms with Crippen LogP contribution >= 0.6 is 0 Å². The predicted octanol–water partition coefficient (Wildman–Crippen LogP) is 3.80. The molecule has 0 bridgehead atoms. The first kappa shape index (κ1) is 20.5. The van der Waals surface area contributed by atoms with E-state index in [4.69, 9.17) is 9.47 Å². The Hall–Kier alpha value is -2.83. The second kappa shape index (κ2) is 10.4. The van der Waals surface area contributed by atoms with Crippen molar-refractivity contribution in [2.75, 3.05) is 19.1 Å². The van der Waals surface area contributed by atoms with E-state index in [1.807, 2.05) is 18.2 Å². The largest absolute Gasteiger partial charge is 0.493 e. The minimum Gasteiger partial charge on any atom is -0.493 e. The summed E-state index contributed by atoms with van der Waals surface area (Å²) in [5, 5.41) is 4.12. The van der Waals surface area contributed by atoms with Gasteiger partial charge in [-0.1, -0.05) is 26.2 Å². The van der Waals surface area contributed by atoms with Gasteiger partial charge in [0.25, 0.3) is 5.56 Å². The van der Waals surface area contributed by atoms with Gasteiger partial charge in [-0.25, -0.2) is 10.4 Å². The van der Waals surface area contributed by atoms with Crippen LogP contribution in [-0.2, 0) is 0 Å². The molecule has 0 aliphatic heterocycles. The summed E-state index contributed by atoms with van der Waals surface area (Å²) in [6, 6.07) is 5.62. The molecule has 0 radical (unpaired) electrons. The summed E-state index contributed by atoms with van der Waals surface area (Å²) in [6.45, 7) is 6.38. The molecule has 0 saturated heterocycles. The molecule has 7 heteroatoms. The first-order valence-corrected chi connectivity index (χ1v) is 9.22. The van der Waals surface area contributed by atoms with Crippen molar-refractivity contribution in [1.82, 2.24) is 9.97 Å². The number of nitrogens with one attached hydrogen (secondary N) is 2. The average molecular weight is 372 g/mol. The fraction of sp³-hybridized carbons (Fsp3) is 0.450. The Balaban J connectivity index is 1.98. The minimum absolute atomic E-state index is 0.178. The third-order valence-corrected chi connectivity index (χ3v) is 4.22. The molecule has 0 aliphatic carbocycles. The van der Waals surface area contributed by atoms with Crippen molar-refractivity contribution in [3.05, 3.63) is 45.4 Å². The third-order valence-electron chi connectivity index (χ3n) is 4.22. The molecule has 0 atom stereocenters. The molecular weight excluding hydrogens is 344 g/mol. The van der Waals surface area contributed by atoms with E-state index in [0.717, 1.165) is 17.7 Å². The van der Waals surface area contributed by atoms with Crippen LogP contribution < -0.4 is 20.5 Å². The molecule has 27 heavy (non-hydrogen) atoms. The van der Waals surface area contributed by atoms with E-state index >= 15 is 0 Å². The summed E-state index contributed by atoms with van der Waals surface area (Å²) in [5.41, 5.74) is 4.66. The second-order valence-corrected chi connectivity index (χ2v) is 6.31. The van der Waals surface area contributed by atoms with Crippen LogP contribution in [0.5, 0.6) is 11.5 Å². The maximum absolute atomic E-state index is 11.7. The Kier molecular flexibility index (Phi) is 7.85. The number of nitrogens with zero attached hydrogens (tertiary/aromatic N) is 2. The van der Waals surface area contributed by atoms with Crippen molar-refractivity contribution in [1.29, 1.82) is 0 Å². The topological polar surface area (TPSA) is 88.6 Å². The van der Waals surface area contributed by atoms with Gasteiger partial charge in [-0.15, -0.1) is 0 Å². The smallest absolute Gasteiger partial charge is 0.255 e. The molecular formula is C20H28N4O3. The number of methoxy groups -OCH3 is 1. The quantitative estimate of drug-likeness (QED) is 0.376. The lowest BCUT2D eigenvalue weighted by Gasteiger charge is -2.11. The molecule has 146 valence electrons. The number of hydrazone groups is 1. The van der Waals surface area contributed by atoms with E-state index in [2.05, 4.69) is 27.4 Å². The standard InChI is InChI=1S/C20H28N4O3/c1-5-6-7-8-11-27-17-10-9-16(12-18(17)26-4)13-21-24-20-22-15(3)14(2)19(25)23-20/h9-10,12-13H,5-8,11H2,1-4H3,(H2,22,23,24,25)/b21-13-. The molecule has 1 heterocycles. The number of anilines is 1. The maximum Gasteiger partial charge on any atom is 0.255 e. The first-order valence-electron chi connectivity index (χ1n) is 9.22. The van der Waals surface area contributed by atoms with E-state index < -0.39 is 0 Å². The number of H-pyrrole nitrogens is 1. The van der Waals surface area contributed by atoms with Gasteiger partial charge in [0.05, 0.1) is 19.9 Å². The van der Waals surface area contributed by atoms with Crippen LogP contribution in [0.25, 0.3) is 0 Å². The molecule has 7 nitrogen and oxygen atoms in total. The van der Waals surface area contributed by atoms with Gasteiger partial charge < -0.3 is 9.47 Å². The van der Waals surface area contributed by atoms with Gasteiger partial charge in [0.2, 0.25) is 5.95 Å². The Labute approximate surface area is 159 Å². The van der Waals surface area contributed by atoms with E-state index in [1.165, 1.54) is 19.3 Å². The molecule has 0 unspecified atom stereocenters. The van der Waals surface area contributed by atoms with Crippen molar-refractivity contribution in [2.24, 2.45) is 5.10 Å². The van der Waals surface area contributed by atoms with Crippen LogP contribution in [0, 0.1) is 13.8 Å². The van der Waals surface area contributed by atoms with E-state index in [9.17, 15) is 4.79 Å². The SMILES string of the molecule is CCCCCCOc1ccc(/C=N\Nc2nc(C)c(C)c(=O)[nH]2)cc1OC. The van der Waals surface area contributed by atoms with Gasteiger partial charge in [0, 0.05) is 11.3 Å². The second-order valence-electron chi connectivity index (χ2n) is 6.31. The molecule has 0 spiro atoms. The molecule has 0 aliphatic rings. The summed E-state index contributed by atoms with van der Waals surface area (Å²) >= 11 is 0. The van der Waals surface area contributed by atoms with E-state index in [1.54, 1.807) is 27.2 Å². The van der Waals surface area contributed by atoms with Gasteiger partial charge in [-0.3, -0.25) is 9.78 Å². The maximum atomic E-state index is 11.7. The number of ether oxygens (including phenoxy) is 2. The average Bonchev–Trinajstić information content (AvgIpc) is 2.66. The fourth-order valence-corrected chi connectivity index (χ4v) is 2.46. The van der Waals surface area contributed by atoms with Crippen molar-refractivity contribution < 1.29 is 9.47 Å². The number of rotatable bonds is 10. The zero-order valence-corrected chi connectivity index (χ0v) is 16.5. The van der Waals surface area contributed by atoms with E-state index in [0.29, 0.717) is 29.6 Å². The number of hydrogen-bond acceptors (Lipinski definition) is 6. The van der Waals surface area contributed by atoms with Gasteiger partial charge in [0.15, 0.2) is 11.5 Å². The summed E-state index contributed by atoms with van der Waals surface area (Å²) in [4.78, 5) is 18.6. The summed E-state index contributed by atoms with van der Waals surface area (Å²) in [5.74, 6) is 1.68. The van der Waals surface area contributed by atoms with Crippen LogP contribution in [0.1, 0.15) is 49.4 Å². The number of hydrogen-bond donors (Lipinski definition) is 2. The number of benzene rings is 1. The minimum atomic E-state index is -0.178. The number of aromatic nitrogens is 2. The van der Waals surface area contributed by atoms with Crippen molar-refractivity contribution in [3.8, 4) is 11.5 Å². The van der Waals surface area contributed by atoms with Crippen LogP contribution in [0.3, 0.4) is 0 Å². The van der Waals surface area contributed by atoms with E-state index in [-0.39, 0.29) is 5.56 Å². The third kappa shape index (κ3) is 6.13. The Morgan fingerprint density at radius 2 is 2.04 bits per heavy atom. The normalized spacial score (nSPS) is 11.0. The highest BCUT2D eigenvalue weighted by Gasteiger charge is 2.05. The van der Waals surface area contributed by atoms with Gasteiger partial charge in [-0.05, 0) is 44.0 Å². The highest BCUT2D eigenvalue weighted by molar-refractivity contribution is 5.81. The Morgan fingerprint density at radius 3 is 2.74 bits per heavy atom. The molecule has 0 fully saturated rings. The molecule has 2 rings (SSSR count). The molecule has 0 saturated carbocycles. The summed E-state index contributed by atoms with van der Waals surface area (Å²) in [7, 11) is 1.61. The zero-order chi connectivity index (χ0) is 19.6. The molecule has 2 aromatic rings. The van der Waals surface area contributed by atoms with Crippen molar-refractivity contribution >= 4 is 12.2 Å². The van der Waals surface area contributed by atoms with Crippen molar-refractivity contribution in [3.63, 3.8) is 0 Å². The lowest BCUT2D eigenvalue weighted by molar-refractivity contribution is 0.285. The Bertz CT molecular complexity index is 830. The monoisotopic (exact) mass is 372 g/mol. The lowest BCUT2D eigenvalue weighted by Crippen LogP contribution is -2.15. The van der Waals surface area contributed by atoms with Gasteiger partial charge in [0.1, 0.15) is 0 Å². The summed E-state index contributed by atoms with van der Waals surface area (Å²) < 4.78 is 11.2. The molecule has 1 aromatic carbocycles. The Morgan fingerprint density at radius 1 is 1.22 bits per heavy atom.